The summed E-state index contributed by atoms with van der Waals surface area (Å²) in [7, 11) is 0. The maximum atomic E-state index is 15.6. The van der Waals surface area contributed by atoms with Crippen molar-refractivity contribution in [2.45, 2.75) is 113 Å². The van der Waals surface area contributed by atoms with E-state index in [-0.39, 0.29) is 45.6 Å². The van der Waals surface area contributed by atoms with Gasteiger partial charge in [0.1, 0.15) is 48.1 Å². The minimum Gasteiger partial charge on any atom is -0.499 e. The number of carbonyl (C=O) groups is 4. The van der Waals surface area contributed by atoms with Crippen LogP contribution in [0.1, 0.15) is 75.1 Å². The Hall–Kier alpha value is -5.16. The van der Waals surface area contributed by atoms with E-state index in [9.17, 15) is 19.5 Å². The number of hydrogen-bond acceptors (Lipinski definition) is 13. The number of aliphatic hydroxyl groups is 2. The number of likely N-dealkylation sites (tertiary alicyclic amines) is 1. The zero-order valence-electron chi connectivity index (χ0n) is 35.2. The first-order valence-electron chi connectivity index (χ1n) is 21.4. The van der Waals surface area contributed by atoms with Gasteiger partial charge in [-0.15, -0.1) is 0 Å². The van der Waals surface area contributed by atoms with E-state index in [0.717, 1.165) is 11.1 Å². The molecule has 2 bridgehead atoms. The lowest BCUT2D eigenvalue weighted by atomic mass is 9.62. The predicted molar refractivity (Wildman–Crippen MR) is 222 cm³/mol. The third-order valence-corrected chi connectivity index (χ3v) is 12.2. The first-order chi connectivity index (χ1) is 29.9. The smallest absolute Gasteiger partial charge is 0.327 e. The van der Waals surface area contributed by atoms with Crippen molar-refractivity contribution in [1.29, 1.82) is 0 Å². The van der Waals surface area contributed by atoms with Gasteiger partial charge < -0.3 is 44.1 Å². The first-order valence-corrected chi connectivity index (χ1v) is 21.4. The molecule has 2 amide bonds. The number of aliphatic hydroxyl groups excluding tert-OH is 2. The highest BCUT2D eigenvalue weighted by molar-refractivity contribution is 5.96. The van der Waals surface area contributed by atoms with Crippen molar-refractivity contribution in [3.05, 3.63) is 113 Å². The molecule has 5 aliphatic rings. The largest absolute Gasteiger partial charge is 0.499 e. The molecule has 0 aromatic heterocycles. The molecule has 8 rings (SSSR count). The van der Waals surface area contributed by atoms with Crippen LogP contribution >= 0.6 is 0 Å². The van der Waals surface area contributed by atoms with Crippen LogP contribution in [0.15, 0.2) is 91.2 Å². The van der Waals surface area contributed by atoms with Crippen molar-refractivity contribution in [2.75, 3.05) is 26.4 Å². The number of rotatable bonds is 15. The molecule has 5 fully saturated rings. The van der Waals surface area contributed by atoms with Gasteiger partial charge in [-0.3, -0.25) is 24.0 Å². The van der Waals surface area contributed by atoms with Crippen LogP contribution in [0.5, 0.6) is 0 Å². The number of esters is 2. The number of hydrogen-bond donors (Lipinski definition) is 3. The molecule has 3 N–H and O–H groups in total. The fourth-order valence-corrected chi connectivity index (χ4v) is 9.57. The van der Waals surface area contributed by atoms with Gasteiger partial charge in [0.05, 0.1) is 32.1 Å². The van der Waals surface area contributed by atoms with Crippen LogP contribution in [0.4, 0.5) is 0 Å². The van der Waals surface area contributed by atoms with Crippen molar-refractivity contribution in [3.63, 3.8) is 0 Å². The van der Waals surface area contributed by atoms with Gasteiger partial charge in [0.15, 0.2) is 6.04 Å². The Kier molecular flexibility index (Phi) is 12.6. The standard InChI is InChI=1S/C47H55N3O12/c1-45(2,3)59-37(53)21-20-34(29-52)48-42(54)35-15-10-23-49(35)44(56)46-27-36-38-39(61-47(60-38,32-11-6-4-7-12-32)33-13-8-5-9-14-33)41(46)62-50(40(46)43(55)58-36)28-31-18-16-30(17-19-31)22-25-57-26-24-51/h4-9,11-14,16-19,22,25,34-36,38-41,51-52H,10,15,20-21,23-24,26-29H2,1-3H3,(H,48,54). The van der Waals surface area contributed by atoms with Crippen molar-refractivity contribution in [2.24, 2.45) is 5.41 Å². The molecule has 8 unspecified atom stereocenters. The molecule has 0 radical (unpaired) electrons. The van der Waals surface area contributed by atoms with E-state index in [0.29, 0.717) is 24.0 Å². The van der Waals surface area contributed by atoms with Crippen LogP contribution in [0, 0.1) is 5.41 Å². The fourth-order valence-electron chi connectivity index (χ4n) is 9.57. The zero-order valence-corrected chi connectivity index (χ0v) is 35.2. The summed E-state index contributed by atoms with van der Waals surface area (Å²) in [5.74, 6) is -3.41. The molecule has 0 spiro atoms. The van der Waals surface area contributed by atoms with Gasteiger partial charge in [0.2, 0.25) is 17.6 Å². The van der Waals surface area contributed by atoms with Crippen LogP contribution < -0.4 is 5.32 Å². The van der Waals surface area contributed by atoms with Gasteiger partial charge in [-0.05, 0) is 57.2 Å². The van der Waals surface area contributed by atoms with E-state index in [1.807, 2.05) is 84.9 Å². The molecule has 15 nitrogen and oxygen atoms in total. The van der Waals surface area contributed by atoms with Gasteiger partial charge >= 0.3 is 11.9 Å². The van der Waals surface area contributed by atoms with Gasteiger partial charge in [-0.1, -0.05) is 84.9 Å². The van der Waals surface area contributed by atoms with Crippen molar-refractivity contribution in [1.82, 2.24) is 15.3 Å². The van der Waals surface area contributed by atoms with Crippen molar-refractivity contribution >= 4 is 29.8 Å². The molecule has 3 aromatic carbocycles. The zero-order chi connectivity index (χ0) is 43.6. The van der Waals surface area contributed by atoms with E-state index in [1.165, 1.54) is 16.2 Å². The molecule has 15 heteroatoms. The van der Waals surface area contributed by atoms with E-state index in [1.54, 1.807) is 26.8 Å². The van der Waals surface area contributed by atoms with Crippen LogP contribution in [-0.2, 0) is 60.0 Å². The first kappa shape index (κ1) is 43.5. The Morgan fingerprint density at radius 1 is 0.952 bits per heavy atom. The summed E-state index contributed by atoms with van der Waals surface area (Å²) in [6, 6.07) is 23.7. The second-order valence-electron chi connectivity index (χ2n) is 17.5. The predicted octanol–water partition coefficient (Wildman–Crippen LogP) is 3.74. The summed E-state index contributed by atoms with van der Waals surface area (Å²) in [5, 5.41) is 23.6. The van der Waals surface area contributed by atoms with Gasteiger partial charge in [0, 0.05) is 30.5 Å². The van der Waals surface area contributed by atoms with Crippen LogP contribution in [-0.4, -0.2) is 118 Å². The Morgan fingerprint density at radius 2 is 1.63 bits per heavy atom. The molecule has 4 saturated heterocycles. The van der Waals surface area contributed by atoms with Gasteiger partial charge in [-0.25, -0.2) is 0 Å². The molecule has 62 heavy (non-hydrogen) atoms. The number of ether oxygens (including phenoxy) is 5. The monoisotopic (exact) mass is 853 g/mol. The maximum absolute atomic E-state index is 15.6. The topological polar surface area (TPSA) is 183 Å². The number of fused-ring (bicyclic) bond motifs is 4. The minimum absolute atomic E-state index is 0.0181. The number of benzene rings is 3. The van der Waals surface area contributed by atoms with Gasteiger partial charge in [-0.2, -0.15) is 5.06 Å². The summed E-state index contributed by atoms with van der Waals surface area (Å²) < 4.78 is 31.1. The number of nitrogens with one attached hydrogen (secondary N) is 1. The summed E-state index contributed by atoms with van der Waals surface area (Å²) in [5.41, 5.74) is 0.837. The molecule has 4 heterocycles. The minimum atomic E-state index is -1.54. The van der Waals surface area contributed by atoms with Crippen LogP contribution in [0.25, 0.3) is 6.08 Å². The number of hydroxylamine groups is 2. The highest BCUT2D eigenvalue weighted by Gasteiger charge is 2.77. The average Bonchev–Trinajstić information content (AvgIpc) is 4.01. The van der Waals surface area contributed by atoms with Crippen LogP contribution in [0.3, 0.4) is 0 Å². The molecule has 8 atom stereocenters. The molecular weight excluding hydrogens is 799 g/mol. The molecule has 3 aromatic rings. The lowest BCUT2D eigenvalue weighted by Gasteiger charge is -2.50. The second-order valence-corrected chi connectivity index (χ2v) is 17.5. The van der Waals surface area contributed by atoms with Crippen molar-refractivity contribution in [3.8, 4) is 0 Å². The average molecular weight is 854 g/mol. The Bertz CT molecular complexity index is 2070. The summed E-state index contributed by atoms with van der Waals surface area (Å²) in [6.07, 6.45) is 0.705. The third-order valence-electron chi connectivity index (χ3n) is 12.2. The molecule has 1 aliphatic carbocycles. The highest BCUT2D eigenvalue weighted by Crippen LogP contribution is 2.60. The molecule has 1 saturated carbocycles. The Morgan fingerprint density at radius 3 is 2.27 bits per heavy atom. The maximum Gasteiger partial charge on any atom is 0.327 e. The number of nitrogens with zero attached hydrogens (tertiary/aromatic N) is 2. The normalized spacial score (nSPS) is 28.0. The Labute approximate surface area is 360 Å². The highest BCUT2D eigenvalue weighted by atomic mass is 16.8. The third kappa shape index (κ3) is 8.37. The van der Waals surface area contributed by atoms with Crippen molar-refractivity contribution < 1.29 is 57.9 Å². The Balaban J connectivity index is 1.12. The molecule has 330 valence electrons. The lowest BCUT2D eigenvalue weighted by Crippen LogP contribution is -2.70. The number of amides is 2. The fraction of sp³-hybridized carbons (Fsp3) is 0.489. The molecular formula is C47H55N3O12. The summed E-state index contributed by atoms with van der Waals surface area (Å²) in [6.45, 7) is 5.33. The second kappa shape index (κ2) is 17.9. The summed E-state index contributed by atoms with van der Waals surface area (Å²) in [4.78, 5) is 65.1. The van der Waals surface area contributed by atoms with Gasteiger partial charge in [0.25, 0.3) is 0 Å². The van der Waals surface area contributed by atoms with E-state index in [4.69, 9.17) is 33.6 Å². The quantitative estimate of drug-likeness (QED) is 0.114. The molecule has 4 aliphatic heterocycles. The summed E-state index contributed by atoms with van der Waals surface area (Å²) >= 11 is 0. The van der Waals surface area contributed by atoms with E-state index in [2.05, 4.69) is 5.32 Å². The van der Waals surface area contributed by atoms with E-state index >= 15 is 4.79 Å². The number of carbonyl (C=O) groups excluding carboxylic acids is 4. The van der Waals surface area contributed by atoms with Crippen LogP contribution in [0.2, 0.25) is 0 Å². The van der Waals surface area contributed by atoms with E-state index < -0.39 is 89.7 Å². The lowest BCUT2D eigenvalue weighted by molar-refractivity contribution is -0.214. The SMILES string of the molecule is CC(C)(C)OC(=O)CCC(CO)NC(=O)C1CCCN1C(=O)C12CC3OC(=O)C1N(Cc1ccc(C=COCCO)cc1)OC2C1OC(c2ccccc2)(c2ccccc2)OC31.